The predicted molar refractivity (Wildman–Crippen MR) is 99.0 cm³/mol. The summed E-state index contributed by atoms with van der Waals surface area (Å²) in [5.74, 6) is 1.96. The molecule has 0 aromatic carbocycles. The average molecular weight is 368 g/mol. The fraction of sp³-hybridized carbons (Fsp3) is 0.824. The molecule has 0 spiro atoms. The van der Waals surface area contributed by atoms with E-state index in [0.29, 0.717) is 17.7 Å². The average Bonchev–Trinajstić information content (AvgIpc) is 3.05. The van der Waals surface area contributed by atoms with E-state index < -0.39 is 0 Å². The molecule has 2 aliphatic rings. The van der Waals surface area contributed by atoms with Crippen LogP contribution in [0.1, 0.15) is 39.5 Å². The number of morpholine rings is 1. The summed E-state index contributed by atoms with van der Waals surface area (Å²) in [6, 6.07) is 0.329. The van der Waals surface area contributed by atoms with E-state index in [2.05, 4.69) is 38.8 Å². The number of ether oxygens (including phenoxy) is 1. The van der Waals surface area contributed by atoms with Crippen LogP contribution in [-0.2, 0) is 16.1 Å². The van der Waals surface area contributed by atoms with Gasteiger partial charge in [0.05, 0.1) is 19.0 Å². The zero-order valence-corrected chi connectivity index (χ0v) is 16.1. The van der Waals surface area contributed by atoms with Crippen LogP contribution in [0.4, 0.5) is 5.95 Å². The zero-order chi connectivity index (χ0) is 17.6. The first-order valence-electron chi connectivity index (χ1n) is 9.37. The first-order valence-corrected chi connectivity index (χ1v) is 10.4. The molecule has 2 heterocycles. The molecule has 1 N–H and O–H groups in total. The second-order valence-corrected chi connectivity index (χ2v) is 7.79. The highest BCUT2D eigenvalue weighted by atomic mass is 32.2. The van der Waals surface area contributed by atoms with Gasteiger partial charge >= 0.3 is 0 Å². The normalized spacial score (nSPS) is 24.3. The highest BCUT2D eigenvalue weighted by Gasteiger charge is 2.24. The Morgan fingerprint density at radius 1 is 1.28 bits per heavy atom. The largest absolute Gasteiger partial charge is 0.378 e. The van der Waals surface area contributed by atoms with Crippen LogP contribution >= 0.6 is 11.8 Å². The van der Waals surface area contributed by atoms with Gasteiger partial charge in [0.25, 0.3) is 0 Å². The van der Waals surface area contributed by atoms with E-state index in [1.165, 1.54) is 31.0 Å². The molecule has 2 atom stereocenters. The molecule has 3 rings (SSSR count). The number of rotatable bonds is 6. The van der Waals surface area contributed by atoms with Crippen molar-refractivity contribution in [1.29, 1.82) is 0 Å². The van der Waals surface area contributed by atoms with Crippen LogP contribution < -0.4 is 10.2 Å². The third-order valence-corrected chi connectivity index (χ3v) is 6.06. The lowest BCUT2D eigenvalue weighted by atomic mass is 9.86. The van der Waals surface area contributed by atoms with Crippen molar-refractivity contribution in [2.45, 2.75) is 57.3 Å². The minimum Gasteiger partial charge on any atom is -0.378 e. The smallest absolute Gasteiger partial charge is 0.230 e. The SMILES string of the molecule is CCn1c(SCC(=O)N[C@@H]2CCCC[C@@H]2C)nnc1N1CCOCC1. The van der Waals surface area contributed by atoms with Crippen LogP contribution in [0.2, 0.25) is 0 Å². The van der Waals surface area contributed by atoms with E-state index in [9.17, 15) is 4.79 Å². The van der Waals surface area contributed by atoms with Crippen LogP contribution in [-0.4, -0.2) is 58.8 Å². The summed E-state index contributed by atoms with van der Waals surface area (Å²) >= 11 is 1.47. The number of nitrogens with zero attached hydrogens (tertiary/aromatic N) is 4. The molecule has 1 saturated heterocycles. The van der Waals surface area contributed by atoms with Crippen molar-refractivity contribution in [1.82, 2.24) is 20.1 Å². The molecule has 25 heavy (non-hydrogen) atoms. The van der Waals surface area contributed by atoms with E-state index in [-0.39, 0.29) is 5.91 Å². The van der Waals surface area contributed by atoms with Gasteiger partial charge in [-0.3, -0.25) is 9.36 Å². The number of thioether (sulfide) groups is 1. The Balaban J connectivity index is 1.55. The molecule has 1 aliphatic heterocycles. The fourth-order valence-corrected chi connectivity index (χ4v) is 4.38. The van der Waals surface area contributed by atoms with E-state index in [1.807, 2.05) is 0 Å². The molecule has 0 bridgehead atoms. The van der Waals surface area contributed by atoms with Crippen LogP contribution in [0.25, 0.3) is 0 Å². The van der Waals surface area contributed by atoms with Gasteiger partial charge in [-0.25, -0.2) is 0 Å². The van der Waals surface area contributed by atoms with Crippen molar-refractivity contribution < 1.29 is 9.53 Å². The molecule has 2 fully saturated rings. The predicted octanol–water partition coefficient (Wildman–Crippen LogP) is 1.92. The summed E-state index contributed by atoms with van der Waals surface area (Å²) < 4.78 is 7.49. The van der Waals surface area contributed by atoms with Gasteiger partial charge in [0.2, 0.25) is 11.9 Å². The molecule has 1 aromatic heterocycles. The van der Waals surface area contributed by atoms with Crippen LogP contribution in [0, 0.1) is 5.92 Å². The van der Waals surface area contributed by atoms with E-state index >= 15 is 0 Å². The lowest BCUT2D eigenvalue weighted by Crippen LogP contribution is -2.41. The first-order chi connectivity index (χ1) is 12.2. The lowest BCUT2D eigenvalue weighted by Gasteiger charge is -2.29. The summed E-state index contributed by atoms with van der Waals surface area (Å²) in [4.78, 5) is 14.5. The number of hydrogen-bond acceptors (Lipinski definition) is 6. The molecule has 0 unspecified atom stereocenters. The van der Waals surface area contributed by atoms with Gasteiger partial charge in [-0.05, 0) is 25.7 Å². The maximum atomic E-state index is 12.3. The van der Waals surface area contributed by atoms with Gasteiger partial charge < -0.3 is 15.0 Å². The molecule has 1 aromatic rings. The number of carbonyl (C=O) groups excluding carboxylic acids is 1. The standard InChI is InChI=1S/C17H29N5O2S/c1-3-22-16(21-8-10-24-11-9-21)19-20-17(22)25-12-15(23)18-14-7-5-4-6-13(14)2/h13-14H,3-12H2,1-2H3,(H,18,23)/t13-,14+/m0/s1. The minimum absolute atomic E-state index is 0.0994. The number of amides is 1. The van der Waals surface area contributed by atoms with E-state index in [1.54, 1.807) is 0 Å². The van der Waals surface area contributed by atoms with Gasteiger partial charge in [0, 0.05) is 25.7 Å². The summed E-state index contributed by atoms with van der Waals surface area (Å²) in [5, 5.41) is 12.7. The van der Waals surface area contributed by atoms with E-state index in [4.69, 9.17) is 4.74 Å². The number of carbonyl (C=O) groups is 1. The molecule has 140 valence electrons. The summed E-state index contributed by atoms with van der Waals surface area (Å²) in [6.07, 6.45) is 4.82. The van der Waals surface area contributed by atoms with Crippen molar-refractivity contribution in [3.63, 3.8) is 0 Å². The number of aromatic nitrogens is 3. The van der Waals surface area contributed by atoms with Gasteiger partial charge in [-0.1, -0.05) is 31.5 Å². The van der Waals surface area contributed by atoms with Crippen molar-refractivity contribution in [3.8, 4) is 0 Å². The van der Waals surface area contributed by atoms with Gasteiger partial charge in [-0.15, -0.1) is 10.2 Å². The second-order valence-electron chi connectivity index (χ2n) is 6.85. The molecule has 0 radical (unpaired) electrons. The van der Waals surface area contributed by atoms with Crippen molar-refractivity contribution >= 4 is 23.6 Å². The van der Waals surface area contributed by atoms with Gasteiger partial charge in [-0.2, -0.15) is 0 Å². The van der Waals surface area contributed by atoms with Crippen molar-refractivity contribution in [2.24, 2.45) is 5.92 Å². The monoisotopic (exact) mass is 367 g/mol. The summed E-state index contributed by atoms with van der Waals surface area (Å²) in [5.41, 5.74) is 0. The quantitative estimate of drug-likeness (QED) is 0.775. The topological polar surface area (TPSA) is 72.3 Å². The molecule has 7 nitrogen and oxygen atoms in total. The molecule has 1 amide bonds. The summed E-state index contributed by atoms with van der Waals surface area (Å²) in [7, 11) is 0. The van der Waals surface area contributed by atoms with Crippen molar-refractivity contribution in [2.75, 3.05) is 37.0 Å². The zero-order valence-electron chi connectivity index (χ0n) is 15.2. The Bertz CT molecular complexity index is 573. The highest BCUT2D eigenvalue weighted by molar-refractivity contribution is 7.99. The third kappa shape index (κ3) is 4.67. The molecule has 8 heteroatoms. The minimum atomic E-state index is 0.0994. The number of nitrogens with one attached hydrogen (secondary N) is 1. The van der Waals surface area contributed by atoms with Crippen LogP contribution in [0.5, 0.6) is 0 Å². The van der Waals surface area contributed by atoms with Crippen LogP contribution in [0.15, 0.2) is 5.16 Å². The Morgan fingerprint density at radius 2 is 2.04 bits per heavy atom. The highest BCUT2D eigenvalue weighted by Crippen LogP contribution is 2.25. The second kappa shape index (κ2) is 8.89. The van der Waals surface area contributed by atoms with Gasteiger partial charge in [0.15, 0.2) is 5.16 Å². The summed E-state index contributed by atoms with van der Waals surface area (Å²) in [6.45, 7) is 8.23. The maximum Gasteiger partial charge on any atom is 0.230 e. The van der Waals surface area contributed by atoms with Crippen LogP contribution in [0.3, 0.4) is 0 Å². The Morgan fingerprint density at radius 3 is 2.76 bits per heavy atom. The molecule has 1 aliphatic carbocycles. The molecule has 1 saturated carbocycles. The Labute approximate surface area is 153 Å². The fourth-order valence-electron chi connectivity index (χ4n) is 3.57. The molecular formula is C17H29N5O2S. The van der Waals surface area contributed by atoms with E-state index in [0.717, 1.165) is 50.4 Å². The maximum absolute atomic E-state index is 12.3. The Hall–Kier alpha value is -1.28. The number of anilines is 1. The lowest BCUT2D eigenvalue weighted by molar-refractivity contribution is -0.119. The first kappa shape index (κ1) is 18.5. The van der Waals surface area contributed by atoms with Crippen molar-refractivity contribution in [3.05, 3.63) is 0 Å². The third-order valence-electron chi connectivity index (χ3n) is 5.10. The number of hydrogen-bond donors (Lipinski definition) is 1. The Kier molecular flexibility index (Phi) is 6.58. The molecular weight excluding hydrogens is 338 g/mol. The van der Waals surface area contributed by atoms with Gasteiger partial charge in [0.1, 0.15) is 0 Å².